The number of nitrogens with zero attached hydrogens (tertiary/aromatic N) is 1. The zero-order chi connectivity index (χ0) is 21.9. The molecule has 1 aliphatic heterocycles. The maximum atomic E-state index is 12.5. The zero-order valence-electron chi connectivity index (χ0n) is 15.5. The molecule has 0 saturated carbocycles. The van der Waals surface area contributed by atoms with Gasteiger partial charge in [-0.3, -0.25) is 9.59 Å². The molecule has 0 aliphatic carbocycles. The van der Waals surface area contributed by atoms with Crippen LogP contribution in [0.4, 0.5) is 18.9 Å². The number of hydrogen-bond donors (Lipinski definition) is 2. The summed E-state index contributed by atoms with van der Waals surface area (Å²) in [6.45, 7) is -0.792. The fraction of sp³-hybridized carbons (Fsp3) is 0.333. The highest BCUT2D eigenvalue weighted by Gasteiger charge is 2.31. The number of carbonyl (C=O) groups is 2. The van der Waals surface area contributed by atoms with Crippen LogP contribution >= 0.6 is 0 Å². The lowest BCUT2D eigenvalue weighted by Crippen LogP contribution is -2.34. The Kier molecular flexibility index (Phi) is 6.17. The summed E-state index contributed by atoms with van der Waals surface area (Å²) < 4.78 is 68.4. The fourth-order valence-corrected chi connectivity index (χ4v) is 4.31. The summed E-state index contributed by atoms with van der Waals surface area (Å²) >= 11 is 0. The monoisotopic (exact) mass is 445 g/mol. The van der Waals surface area contributed by atoms with Crippen LogP contribution in [0.15, 0.2) is 45.9 Å². The van der Waals surface area contributed by atoms with E-state index >= 15 is 0 Å². The van der Waals surface area contributed by atoms with Gasteiger partial charge in [0.2, 0.25) is 5.09 Å². The Morgan fingerprint density at radius 2 is 1.70 bits per heavy atom. The van der Waals surface area contributed by atoms with E-state index in [1.165, 1.54) is 34.6 Å². The van der Waals surface area contributed by atoms with E-state index in [1.807, 2.05) is 0 Å². The first-order valence-electron chi connectivity index (χ1n) is 8.93. The van der Waals surface area contributed by atoms with Crippen molar-refractivity contribution >= 4 is 27.5 Å². The molecular weight excluding hydrogens is 427 g/mol. The van der Waals surface area contributed by atoms with Crippen LogP contribution in [0.3, 0.4) is 0 Å². The van der Waals surface area contributed by atoms with E-state index in [4.69, 9.17) is 4.42 Å². The van der Waals surface area contributed by atoms with Gasteiger partial charge in [-0.1, -0.05) is 12.1 Å². The summed E-state index contributed by atoms with van der Waals surface area (Å²) in [6.07, 6.45) is -3.11. The molecule has 2 aromatic rings. The SMILES string of the molecule is O=C(Nc1ccccc1C(=O)NCC(F)(F)F)c1ccc(S(=O)(=O)N2CCCC2)o1. The molecule has 0 atom stereocenters. The van der Waals surface area contributed by atoms with E-state index in [-0.39, 0.29) is 22.1 Å². The number of sulfonamides is 1. The summed E-state index contributed by atoms with van der Waals surface area (Å²) in [5.74, 6) is -2.20. The highest BCUT2D eigenvalue weighted by Crippen LogP contribution is 2.24. The minimum atomic E-state index is -4.58. The molecule has 0 unspecified atom stereocenters. The summed E-state index contributed by atoms with van der Waals surface area (Å²) in [5.41, 5.74) is -0.242. The second kappa shape index (κ2) is 8.48. The van der Waals surface area contributed by atoms with Crippen molar-refractivity contribution in [2.75, 3.05) is 25.0 Å². The number of alkyl halides is 3. The van der Waals surface area contributed by atoms with Crippen molar-refractivity contribution < 1.29 is 35.6 Å². The lowest BCUT2D eigenvalue weighted by Gasteiger charge is -2.13. The van der Waals surface area contributed by atoms with Gasteiger partial charge in [-0.15, -0.1) is 0 Å². The molecule has 0 bridgehead atoms. The number of benzene rings is 1. The average molecular weight is 445 g/mol. The van der Waals surface area contributed by atoms with Crippen molar-refractivity contribution in [2.24, 2.45) is 0 Å². The highest BCUT2D eigenvalue weighted by atomic mass is 32.2. The summed E-state index contributed by atoms with van der Waals surface area (Å²) in [7, 11) is -3.85. The first-order valence-corrected chi connectivity index (χ1v) is 10.4. The normalized spacial score (nSPS) is 15.2. The molecule has 0 spiro atoms. The van der Waals surface area contributed by atoms with Gasteiger partial charge in [0.25, 0.3) is 21.8 Å². The topological polar surface area (TPSA) is 109 Å². The number of carbonyl (C=O) groups excluding carboxylic acids is 2. The van der Waals surface area contributed by atoms with Crippen molar-refractivity contribution in [3.8, 4) is 0 Å². The van der Waals surface area contributed by atoms with E-state index in [1.54, 1.807) is 5.32 Å². The van der Waals surface area contributed by atoms with Crippen molar-refractivity contribution in [3.05, 3.63) is 47.7 Å². The molecule has 1 aliphatic rings. The number of anilines is 1. The van der Waals surface area contributed by atoms with Crippen LogP contribution in [-0.2, 0) is 10.0 Å². The summed E-state index contributed by atoms with van der Waals surface area (Å²) in [4.78, 5) is 24.5. The number of rotatable bonds is 6. The second-order valence-electron chi connectivity index (χ2n) is 6.53. The van der Waals surface area contributed by atoms with E-state index in [0.717, 1.165) is 18.9 Å². The lowest BCUT2D eigenvalue weighted by atomic mass is 10.1. The van der Waals surface area contributed by atoms with Crippen LogP contribution in [0.2, 0.25) is 0 Å². The largest absolute Gasteiger partial charge is 0.438 e. The first-order chi connectivity index (χ1) is 14.1. The second-order valence-corrected chi connectivity index (χ2v) is 8.40. The van der Waals surface area contributed by atoms with Gasteiger partial charge < -0.3 is 15.1 Å². The summed E-state index contributed by atoms with van der Waals surface area (Å²) in [5, 5.41) is 3.70. The standard InChI is InChI=1S/C18H18F3N3O5S/c19-18(20,21)11-22-16(25)12-5-1-2-6-13(12)23-17(26)14-7-8-15(29-14)30(27,28)24-9-3-4-10-24/h1-2,5-8H,3-4,9-11H2,(H,22,25)(H,23,26). The third-order valence-electron chi connectivity index (χ3n) is 4.33. The molecule has 3 rings (SSSR count). The number of furan rings is 1. The van der Waals surface area contributed by atoms with E-state index in [9.17, 15) is 31.2 Å². The van der Waals surface area contributed by atoms with Crippen LogP contribution in [0.5, 0.6) is 0 Å². The highest BCUT2D eigenvalue weighted by molar-refractivity contribution is 7.89. The predicted octanol–water partition coefficient (Wildman–Crippen LogP) is 2.61. The maximum absolute atomic E-state index is 12.5. The Morgan fingerprint density at radius 3 is 2.37 bits per heavy atom. The molecule has 162 valence electrons. The number of para-hydroxylation sites is 1. The Labute approximate surface area is 170 Å². The average Bonchev–Trinajstić information content (AvgIpc) is 3.38. The van der Waals surface area contributed by atoms with Crippen molar-refractivity contribution in [1.82, 2.24) is 9.62 Å². The van der Waals surface area contributed by atoms with Gasteiger partial charge in [-0.2, -0.15) is 17.5 Å². The molecule has 8 nitrogen and oxygen atoms in total. The maximum Gasteiger partial charge on any atom is 0.405 e. The minimum absolute atomic E-state index is 0.0532. The third-order valence-corrected chi connectivity index (χ3v) is 6.11. The third kappa shape index (κ3) is 5.00. The van der Waals surface area contributed by atoms with Crippen LogP contribution in [0, 0.1) is 0 Å². The van der Waals surface area contributed by atoms with Gasteiger partial charge in [0, 0.05) is 13.1 Å². The first kappa shape index (κ1) is 21.8. The number of hydrogen-bond acceptors (Lipinski definition) is 5. The molecule has 0 radical (unpaired) electrons. The molecule has 12 heteroatoms. The quantitative estimate of drug-likeness (QED) is 0.711. The molecule has 1 aromatic carbocycles. The van der Waals surface area contributed by atoms with Gasteiger partial charge in [0.05, 0.1) is 11.3 Å². The number of halogens is 3. The van der Waals surface area contributed by atoms with Gasteiger partial charge in [0.15, 0.2) is 5.76 Å². The van der Waals surface area contributed by atoms with E-state index in [2.05, 4.69) is 5.32 Å². The smallest absolute Gasteiger partial charge is 0.405 e. The van der Waals surface area contributed by atoms with Crippen LogP contribution in [0.1, 0.15) is 33.8 Å². The molecule has 1 fully saturated rings. The molecule has 1 aromatic heterocycles. The predicted molar refractivity (Wildman–Crippen MR) is 99.5 cm³/mol. The van der Waals surface area contributed by atoms with E-state index < -0.39 is 34.6 Å². The number of amides is 2. The van der Waals surface area contributed by atoms with Crippen molar-refractivity contribution in [1.29, 1.82) is 0 Å². The lowest BCUT2D eigenvalue weighted by molar-refractivity contribution is -0.123. The summed E-state index contributed by atoms with van der Waals surface area (Å²) in [6, 6.07) is 7.79. The van der Waals surface area contributed by atoms with Crippen molar-refractivity contribution in [3.63, 3.8) is 0 Å². The zero-order valence-corrected chi connectivity index (χ0v) is 16.3. The molecule has 30 heavy (non-hydrogen) atoms. The molecule has 2 amide bonds. The van der Waals surface area contributed by atoms with Gasteiger partial charge >= 0.3 is 6.18 Å². The minimum Gasteiger partial charge on any atom is -0.438 e. The van der Waals surface area contributed by atoms with Crippen LogP contribution in [-0.4, -0.2) is 50.3 Å². The van der Waals surface area contributed by atoms with Crippen LogP contribution in [0.25, 0.3) is 0 Å². The van der Waals surface area contributed by atoms with Gasteiger partial charge in [-0.25, -0.2) is 8.42 Å². The number of nitrogens with one attached hydrogen (secondary N) is 2. The Morgan fingerprint density at radius 1 is 1.03 bits per heavy atom. The van der Waals surface area contributed by atoms with Crippen LogP contribution < -0.4 is 10.6 Å². The van der Waals surface area contributed by atoms with Gasteiger partial charge in [-0.05, 0) is 37.1 Å². The molecule has 2 N–H and O–H groups in total. The molecule has 2 heterocycles. The Hall–Kier alpha value is -2.86. The van der Waals surface area contributed by atoms with Crippen molar-refractivity contribution in [2.45, 2.75) is 24.1 Å². The van der Waals surface area contributed by atoms with E-state index in [0.29, 0.717) is 13.1 Å². The Balaban J connectivity index is 1.74. The molecule has 1 saturated heterocycles. The molecular formula is C18H18F3N3O5S. The fourth-order valence-electron chi connectivity index (χ4n) is 2.89. The Bertz CT molecular complexity index is 1040. The van der Waals surface area contributed by atoms with Gasteiger partial charge in [0.1, 0.15) is 6.54 Å².